The smallest absolute Gasteiger partial charge is 0.251 e. The number of anilines is 1. The monoisotopic (exact) mass is 301 g/mol. The van der Waals surface area contributed by atoms with Gasteiger partial charge in [0.2, 0.25) is 5.91 Å². The zero-order valence-corrected chi connectivity index (χ0v) is 12.6. The van der Waals surface area contributed by atoms with Crippen molar-refractivity contribution in [2.24, 2.45) is 0 Å². The van der Waals surface area contributed by atoms with E-state index in [-0.39, 0.29) is 24.4 Å². The Bertz CT molecular complexity index is 621. The van der Waals surface area contributed by atoms with Gasteiger partial charge in [0.1, 0.15) is 5.76 Å². The third-order valence-electron chi connectivity index (χ3n) is 3.20. The van der Waals surface area contributed by atoms with E-state index < -0.39 is 0 Å². The molecule has 116 valence electrons. The maximum atomic E-state index is 11.9. The van der Waals surface area contributed by atoms with Gasteiger partial charge in [-0.15, -0.1) is 0 Å². The van der Waals surface area contributed by atoms with Crippen LogP contribution in [0.5, 0.6) is 0 Å². The normalized spacial score (nSPS) is 11.7. The van der Waals surface area contributed by atoms with Crippen LogP contribution in [0.3, 0.4) is 0 Å². The number of amides is 2. The lowest BCUT2D eigenvalue weighted by Gasteiger charge is -2.11. The highest BCUT2D eigenvalue weighted by Crippen LogP contribution is 2.12. The predicted octanol–water partition coefficient (Wildman–Crippen LogP) is 1.93. The van der Waals surface area contributed by atoms with Gasteiger partial charge in [-0.2, -0.15) is 0 Å². The number of carbonyl (C=O) groups is 2. The van der Waals surface area contributed by atoms with Crippen LogP contribution in [0.15, 0.2) is 47.1 Å². The van der Waals surface area contributed by atoms with E-state index in [2.05, 4.69) is 16.0 Å². The fraction of sp³-hybridized carbons (Fsp3) is 0.250. The second-order valence-corrected chi connectivity index (χ2v) is 4.82. The molecule has 1 aromatic heterocycles. The van der Waals surface area contributed by atoms with Crippen molar-refractivity contribution in [3.63, 3.8) is 0 Å². The Kier molecular flexibility index (Phi) is 5.32. The first-order valence-corrected chi connectivity index (χ1v) is 6.99. The molecule has 0 saturated heterocycles. The lowest BCUT2D eigenvalue weighted by molar-refractivity contribution is -0.115. The summed E-state index contributed by atoms with van der Waals surface area (Å²) in [6, 6.07) is 10.3. The number of furan rings is 1. The van der Waals surface area contributed by atoms with Gasteiger partial charge in [-0.3, -0.25) is 14.9 Å². The van der Waals surface area contributed by atoms with Crippen molar-refractivity contribution in [1.29, 1.82) is 0 Å². The molecular weight excluding hydrogens is 282 g/mol. The summed E-state index contributed by atoms with van der Waals surface area (Å²) < 4.78 is 5.26. The van der Waals surface area contributed by atoms with E-state index in [9.17, 15) is 9.59 Å². The Morgan fingerprint density at radius 2 is 1.91 bits per heavy atom. The Hall–Kier alpha value is -2.60. The summed E-state index contributed by atoms with van der Waals surface area (Å²) in [5.41, 5.74) is 1.19. The highest BCUT2D eigenvalue weighted by atomic mass is 16.3. The molecule has 0 aliphatic rings. The van der Waals surface area contributed by atoms with Gasteiger partial charge >= 0.3 is 0 Å². The lowest BCUT2D eigenvalue weighted by atomic mass is 10.2. The topological polar surface area (TPSA) is 83.4 Å². The average Bonchev–Trinajstić information content (AvgIpc) is 3.07. The number of rotatable bonds is 6. The number of hydrogen-bond donors (Lipinski definition) is 3. The molecular formula is C16H19N3O3. The zero-order chi connectivity index (χ0) is 15.9. The molecule has 0 unspecified atom stereocenters. The zero-order valence-electron chi connectivity index (χ0n) is 12.6. The molecule has 2 aromatic rings. The van der Waals surface area contributed by atoms with Gasteiger partial charge in [-0.1, -0.05) is 0 Å². The van der Waals surface area contributed by atoms with Gasteiger partial charge in [0.25, 0.3) is 5.91 Å². The Labute approximate surface area is 128 Å². The lowest BCUT2D eigenvalue weighted by Crippen LogP contribution is -2.30. The predicted molar refractivity (Wildman–Crippen MR) is 83.6 cm³/mol. The molecule has 22 heavy (non-hydrogen) atoms. The van der Waals surface area contributed by atoms with Crippen molar-refractivity contribution in [3.05, 3.63) is 54.0 Å². The van der Waals surface area contributed by atoms with Crippen LogP contribution in [0.2, 0.25) is 0 Å². The average molecular weight is 301 g/mol. The van der Waals surface area contributed by atoms with Crippen LogP contribution in [0.25, 0.3) is 0 Å². The highest BCUT2D eigenvalue weighted by Gasteiger charge is 2.10. The highest BCUT2D eigenvalue weighted by molar-refractivity contribution is 5.96. The van der Waals surface area contributed by atoms with E-state index in [0.29, 0.717) is 11.3 Å². The molecule has 6 heteroatoms. The molecule has 0 spiro atoms. The molecule has 1 aromatic carbocycles. The maximum absolute atomic E-state index is 11.9. The fourth-order valence-electron chi connectivity index (χ4n) is 1.94. The molecule has 0 saturated carbocycles. The van der Waals surface area contributed by atoms with Crippen molar-refractivity contribution in [2.75, 3.05) is 18.9 Å². The van der Waals surface area contributed by atoms with E-state index in [1.54, 1.807) is 37.6 Å². The summed E-state index contributed by atoms with van der Waals surface area (Å²) in [5, 5.41) is 8.38. The third-order valence-corrected chi connectivity index (χ3v) is 3.20. The second kappa shape index (κ2) is 7.42. The van der Waals surface area contributed by atoms with Crippen molar-refractivity contribution in [2.45, 2.75) is 13.0 Å². The Morgan fingerprint density at radius 3 is 2.50 bits per heavy atom. The standard InChI is InChI=1S/C16H19N3O3/c1-11(14-4-3-9-22-14)18-10-15(20)19-13-7-5-12(6-8-13)16(21)17-2/h3-9,11,18H,10H2,1-2H3,(H,17,21)(H,19,20)/t11-/m0/s1. The van der Waals surface area contributed by atoms with Crippen LogP contribution in [-0.2, 0) is 4.79 Å². The number of benzene rings is 1. The first kappa shape index (κ1) is 15.8. The molecule has 0 bridgehead atoms. The van der Waals surface area contributed by atoms with Crippen molar-refractivity contribution in [1.82, 2.24) is 10.6 Å². The molecule has 0 aliphatic heterocycles. The fourth-order valence-corrected chi connectivity index (χ4v) is 1.94. The molecule has 3 N–H and O–H groups in total. The van der Waals surface area contributed by atoms with Gasteiger partial charge in [0.15, 0.2) is 0 Å². The van der Waals surface area contributed by atoms with Gasteiger partial charge in [0.05, 0.1) is 18.8 Å². The van der Waals surface area contributed by atoms with E-state index >= 15 is 0 Å². The van der Waals surface area contributed by atoms with Gasteiger partial charge in [-0.05, 0) is 43.3 Å². The van der Waals surface area contributed by atoms with Gasteiger partial charge < -0.3 is 15.1 Å². The SMILES string of the molecule is CNC(=O)c1ccc(NC(=O)CN[C@@H](C)c2ccco2)cc1. The van der Waals surface area contributed by atoms with E-state index in [0.717, 1.165) is 5.76 Å². The maximum Gasteiger partial charge on any atom is 0.251 e. The van der Waals surface area contributed by atoms with Crippen molar-refractivity contribution < 1.29 is 14.0 Å². The minimum Gasteiger partial charge on any atom is -0.468 e. The second-order valence-electron chi connectivity index (χ2n) is 4.82. The molecule has 6 nitrogen and oxygen atoms in total. The molecule has 1 heterocycles. The summed E-state index contributed by atoms with van der Waals surface area (Å²) in [6.45, 7) is 2.09. The van der Waals surface area contributed by atoms with E-state index in [1.165, 1.54) is 0 Å². The van der Waals surface area contributed by atoms with Gasteiger partial charge in [0, 0.05) is 18.3 Å². The summed E-state index contributed by atoms with van der Waals surface area (Å²) in [5.74, 6) is 0.459. The van der Waals surface area contributed by atoms with Crippen LogP contribution in [0, 0.1) is 0 Å². The Balaban J connectivity index is 1.83. The molecule has 2 rings (SSSR count). The summed E-state index contributed by atoms with van der Waals surface area (Å²) in [7, 11) is 1.57. The van der Waals surface area contributed by atoms with Crippen molar-refractivity contribution >= 4 is 17.5 Å². The van der Waals surface area contributed by atoms with Gasteiger partial charge in [-0.25, -0.2) is 0 Å². The van der Waals surface area contributed by atoms with Crippen LogP contribution in [0.1, 0.15) is 29.1 Å². The molecule has 0 fully saturated rings. The van der Waals surface area contributed by atoms with E-state index in [1.807, 2.05) is 19.1 Å². The minimum absolute atomic E-state index is 0.0450. The van der Waals surface area contributed by atoms with Crippen LogP contribution in [0.4, 0.5) is 5.69 Å². The molecule has 0 aliphatic carbocycles. The molecule has 1 atom stereocenters. The number of nitrogens with one attached hydrogen (secondary N) is 3. The Morgan fingerprint density at radius 1 is 1.18 bits per heavy atom. The number of carbonyl (C=O) groups excluding carboxylic acids is 2. The summed E-state index contributed by atoms with van der Waals surface area (Å²) >= 11 is 0. The molecule has 0 radical (unpaired) electrons. The largest absolute Gasteiger partial charge is 0.468 e. The number of hydrogen-bond acceptors (Lipinski definition) is 4. The first-order valence-electron chi connectivity index (χ1n) is 6.99. The third kappa shape index (κ3) is 4.20. The van der Waals surface area contributed by atoms with Crippen LogP contribution in [-0.4, -0.2) is 25.4 Å². The summed E-state index contributed by atoms with van der Waals surface area (Å²) in [4.78, 5) is 23.3. The van der Waals surface area contributed by atoms with Crippen LogP contribution >= 0.6 is 0 Å². The minimum atomic E-state index is -0.161. The summed E-state index contributed by atoms with van der Waals surface area (Å²) in [6.07, 6.45) is 1.60. The quantitative estimate of drug-likeness (QED) is 0.761. The first-order chi connectivity index (χ1) is 10.6. The van der Waals surface area contributed by atoms with E-state index in [4.69, 9.17) is 4.42 Å². The molecule has 2 amide bonds. The van der Waals surface area contributed by atoms with Crippen LogP contribution < -0.4 is 16.0 Å². The van der Waals surface area contributed by atoms with Crippen molar-refractivity contribution in [3.8, 4) is 0 Å².